The van der Waals surface area contributed by atoms with Crippen LogP contribution in [0.3, 0.4) is 0 Å². The van der Waals surface area contributed by atoms with Crippen LogP contribution in [0.1, 0.15) is 30.5 Å². The number of rotatable bonds is 8. The molecule has 0 aromatic heterocycles. The fourth-order valence-electron chi connectivity index (χ4n) is 2.45. The molecule has 0 fully saturated rings. The molecule has 4 nitrogen and oxygen atoms in total. The van der Waals surface area contributed by atoms with Crippen LogP contribution in [0.15, 0.2) is 53.4 Å². The highest BCUT2D eigenvalue weighted by molar-refractivity contribution is 7.99. The largest absolute Gasteiger partial charge is 0.349 e. The first-order chi connectivity index (χ1) is 12.3. The topological polar surface area (TPSA) is 63.2 Å². The Morgan fingerprint density at radius 3 is 2.27 bits per heavy atom. The van der Waals surface area contributed by atoms with Gasteiger partial charge in [0.1, 0.15) is 0 Å². The molecule has 2 aromatic carbocycles. The van der Waals surface area contributed by atoms with E-state index >= 15 is 0 Å². The Balaban J connectivity index is 1.88. The van der Waals surface area contributed by atoms with E-state index in [-0.39, 0.29) is 16.8 Å². The van der Waals surface area contributed by atoms with Gasteiger partial charge in [0, 0.05) is 17.0 Å². The van der Waals surface area contributed by atoms with Gasteiger partial charge < -0.3 is 5.32 Å². The molecule has 0 spiro atoms. The predicted molar refractivity (Wildman–Crippen MR) is 108 cm³/mol. The van der Waals surface area contributed by atoms with Crippen LogP contribution in [0.4, 0.5) is 0 Å². The minimum Gasteiger partial charge on any atom is -0.349 e. The molecular formula is C19H22ClNO3S2. The first-order valence-corrected chi connectivity index (χ1v) is 11.6. The summed E-state index contributed by atoms with van der Waals surface area (Å²) in [4.78, 5) is 12.5. The van der Waals surface area contributed by atoms with Gasteiger partial charge >= 0.3 is 0 Å². The van der Waals surface area contributed by atoms with Crippen molar-refractivity contribution in [3.63, 3.8) is 0 Å². The van der Waals surface area contributed by atoms with Crippen molar-refractivity contribution in [2.45, 2.75) is 30.0 Å². The molecule has 7 heteroatoms. The van der Waals surface area contributed by atoms with Crippen LogP contribution in [-0.4, -0.2) is 26.3 Å². The number of carbonyl (C=O) groups excluding carboxylic acids is 1. The molecule has 26 heavy (non-hydrogen) atoms. The van der Waals surface area contributed by atoms with Crippen molar-refractivity contribution in [2.24, 2.45) is 0 Å². The number of hydrogen-bond acceptors (Lipinski definition) is 4. The summed E-state index contributed by atoms with van der Waals surface area (Å²) in [5, 5.41) is 3.70. The molecule has 2 aromatic rings. The van der Waals surface area contributed by atoms with Gasteiger partial charge in [0.2, 0.25) is 5.91 Å². The number of sulfone groups is 1. The minimum atomic E-state index is -3.22. The van der Waals surface area contributed by atoms with Gasteiger partial charge in [-0.05, 0) is 41.8 Å². The first-order valence-electron chi connectivity index (χ1n) is 8.21. The van der Waals surface area contributed by atoms with Gasteiger partial charge in [-0.3, -0.25) is 4.79 Å². The Hall–Kier alpha value is -1.50. The van der Waals surface area contributed by atoms with Crippen LogP contribution in [0.2, 0.25) is 5.02 Å². The van der Waals surface area contributed by atoms with Gasteiger partial charge in [-0.15, -0.1) is 11.8 Å². The summed E-state index contributed by atoms with van der Waals surface area (Å²) in [6.07, 6.45) is 1.91. The standard InChI is InChI=1S/C19H22ClNO3S2/c1-3-18(15-6-10-17(11-7-15)26(2,23)24)21-19(22)13-25-12-14-4-8-16(20)9-5-14/h4-11,18H,3,12-13H2,1-2H3,(H,21,22)/t18-/m0/s1. The lowest BCUT2D eigenvalue weighted by molar-refractivity contribution is -0.119. The molecule has 0 aliphatic carbocycles. The lowest BCUT2D eigenvalue weighted by atomic mass is 10.0. The summed E-state index contributed by atoms with van der Waals surface area (Å²) in [6, 6.07) is 14.1. The van der Waals surface area contributed by atoms with Crippen molar-refractivity contribution in [1.29, 1.82) is 0 Å². The molecule has 0 saturated carbocycles. The SMILES string of the molecule is CC[C@H](NC(=O)CSCc1ccc(Cl)cc1)c1ccc(S(C)(=O)=O)cc1. The Bertz CT molecular complexity index is 834. The second kappa shape index (κ2) is 9.44. The molecule has 0 bridgehead atoms. The zero-order valence-corrected chi connectivity index (χ0v) is 17.1. The molecule has 1 amide bonds. The lowest BCUT2D eigenvalue weighted by Gasteiger charge is -2.17. The molecule has 0 aliphatic heterocycles. The van der Waals surface area contributed by atoms with Gasteiger partial charge in [-0.1, -0.05) is 42.8 Å². The molecule has 2 rings (SSSR count). The maximum atomic E-state index is 12.2. The zero-order chi connectivity index (χ0) is 19.2. The van der Waals surface area contributed by atoms with E-state index in [1.807, 2.05) is 31.2 Å². The third-order valence-corrected chi connectivity index (χ3v) is 6.25. The molecule has 140 valence electrons. The number of amides is 1. The number of carbonyl (C=O) groups is 1. The van der Waals surface area contributed by atoms with Gasteiger partial charge in [0.25, 0.3) is 0 Å². The van der Waals surface area contributed by atoms with Crippen LogP contribution in [0.5, 0.6) is 0 Å². The monoisotopic (exact) mass is 411 g/mol. The minimum absolute atomic E-state index is 0.0389. The summed E-state index contributed by atoms with van der Waals surface area (Å²) in [6.45, 7) is 1.98. The van der Waals surface area contributed by atoms with E-state index in [2.05, 4.69) is 5.32 Å². The number of nitrogens with one attached hydrogen (secondary N) is 1. The highest BCUT2D eigenvalue weighted by atomic mass is 35.5. The number of benzene rings is 2. The Labute approximate surface area is 164 Å². The third kappa shape index (κ3) is 6.34. The van der Waals surface area contributed by atoms with E-state index in [0.29, 0.717) is 10.8 Å². The highest BCUT2D eigenvalue weighted by Gasteiger charge is 2.14. The maximum absolute atomic E-state index is 12.2. The molecule has 0 aliphatic rings. The van der Waals surface area contributed by atoms with Crippen LogP contribution in [-0.2, 0) is 20.4 Å². The summed E-state index contributed by atoms with van der Waals surface area (Å²) in [5.41, 5.74) is 2.02. The van der Waals surface area contributed by atoms with Gasteiger partial charge in [0.15, 0.2) is 9.84 Å². The van der Waals surface area contributed by atoms with Crippen LogP contribution >= 0.6 is 23.4 Å². The van der Waals surface area contributed by atoms with E-state index < -0.39 is 9.84 Å². The Morgan fingerprint density at radius 1 is 1.12 bits per heavy atom. The average Bonchev–Trinajstić information content (AvgIpc) is 2.61. The van der Waals surface area contributed by atoms with Crippen LogP contribution < -0.4 is 5.32 Å². The molecule has 0 saturated heterocycles. The van der Waals surface area contributed by atoms with Crippen molar-refractivity contribution in [3.05, 3.63) is 64.7 Å². The van der Waals surface area contributed by atoms with Crippen LogP contribution in [0, 0.1) is 0 Å². The highest BCUT2D eigenvalue weighted by Crippen LogP contribution is 2.20. The Morgan fingerprint density at radius 2 is 1.73 bits per heavy atom. The van der Waals surface area contributed by atoms with Gasteiger partial charge in [-0.25, -0.2) is 8.42 Å². The molecule has 1 atom stereocenters. The third-order valence-electron chi connectivity index (χ3n) is 3.87. The normalized spacial score (nSPS) is 12.6. The van der Waals surface area contributed by atoms with E-state index in [1.165, 1.54) is 18.0 Å². The van der Waals surface area contributed by atoms with Gasteiger partial charge in [-0.2, -0.15) is 0 Å². The number of halogens is 1. The van der Waals surface area contributed by atoms with Crippen molar-refractivity contribution < 1.29 is 13.2 Å². The second-order valence-electron chi connectivity index (χ2n) is 5.99. The predicted octanol–water partition coefficient (Wildman–Crippen LogP) is 4.24. The van der Waals surface area contributed by atoms with Crippen molar-refractivity contribution in [3.8, 4) is 0 Å². The van der Waals surface area contributed by atoms with E-state index in [9.17, 15) is 13.2 Å². The summed E-state index contributed by atoms with van der Waals surface area (Å²) < 4.78 is 23.1. The molecule has 1 N–H and O–H groups in total. The quantitative estimate of drug-likeness (QED) is 0.705. The molecule has 0 unspecified atom stereocenters. The van der Waals surface area contributed by atoms with E-state index in [0.717, 1.165) is 23.3 Å². The average molecular weight is 412 g/mol. The van der Waals surface area contributed by atoms with Crippen molar-refractivity contribution in [2.75, 3.05) is 12.0 Å². The lowest BCUT2D eigenvalue weighted by Crippen LogP contribution is -2.29. The Kier molecular flexibility index (Phi) is 7.55. The summed E-state index contributed by atoms with van der Waals surface area (Å²) >= 11 is 7.40. The summed E-state index contributed by atoms with van der Waals surface area (Å²) in [5.74, 6) is 1.06. The first kappa shape index (κ1) is 20.8. The van der Waals surface area contributed by atoms with Gasteiger partial charge in [0.05, 0.1) is 16.7 Å². The maximum Gasteiger partial charge on any atom is 0.230 e. The fourth-order valence-corrected chi connectivity index (χ4v) is 4.00. The van der Waals surface area contributed by atoms with E-state index in [4.69, 9.17) is 11.6 Å². The van der Waals surface area contributed by atoms with Crippen molar-refractivity contribution in [1.82, 2.24) is 5.32 Å². The number of thioether (sulfide) groups is 1. The van der Waals surface area contributed by atoms with Crippen molar-refractivity contribution >= 4 is 39.1 Å². The fraction of sp³-hybridized carbons (Fsp3) is 0.316. The molecule has 0 heterocycles. The summed E-state index contributed by atoms with van der Waals surface area (Å²) in [7, 11) is -3.22. The second-order valence-corrected chi connectivity index (χ2v) is 9.43. The zero-order valence-electron chi connectivity index (χ0n) is 14.7. The smallest absolute Gasteiger partial charge is 0.230 e. The van der Waals surface area contributed by atoms with E-state index in [1.54, 1.807) is 24.3 Å². The van der Waals surface area contributed by atoms with Crippen LogP contribution in [0.25, 0.3) is 0 Å². The molecule has 0 radical (unpaired) electrons. The molecular weight excluding hydrogens is 390 g/mol. The number of hydrogen-bond donors (Lipinski definition) is 1.